The van der Waals surface area contributed by atoms with Gasteiger partial charge in [-0.15, -0.1) is 0 Å². The minimum atomic E-state index is -0.465. The van der Waals surface area contributed by atoms with Crippen molar-refractivity contribution in [1.82, 2.24) is 4.98 Å². The van der Waals surface area contributed by atoms with E-state index in [1.54, 1.807) is 0 Å². The molecule has 0 N–H and O–H groups in total. The van der Waals surface area contributed by atoms with Gasteiger partial charge in [-0.3, -0.25) is 4.79 Å². The van der Waals surface area contributed by atoms with Crippen LogP contribution in [0.5, 0.6) is 0 Å². The first-order chi connectivity index (χ1) is 13.5. The molecule has 0 aliphatic rings. The number of oxazole rings is 1. The molecular formula is C21H17NO5S. The van der Waals surface area contributed by atoms with Gasteiger partial charge in [0.25, 0.3) is 5.22 Å². The number of thioether (sulfide) groups is 1. The average Bonchev–Trinajstić information content (AvgIpc) is 3.10. The number of carbonyl (C=O) groups is 1. The van der Waals surface area contributed by atoms with Gasteiger partial charge in [-0.25, -0.2) is 9.78 Å². The third-order valence-electron chi connectivity index (χ3n) is 4.49. The number of benzene rings is 2. The fraction of sp³-hybridized carbons (Fsp3) is 0.190. The van der Waals surface area contributed by atoms with Crippen molar-refractivity contribution in [3.05, 3.63) is 69.6 Å². The third kappa shape index (κ3) is 3.66. The number of ether oxygens (including phenoxy) is 1. The van der Waals surface area contributed by atoms with Gasteiger partial charge in [-0.05, 0) is 37.1 Å². The van der Waals surface area contributed by atoms with Crippen molar-refractivity contribution in [2.45, 2.75) is 25.7 Å². The van der Waals surface area contributed by atoms with Gasteiger partial charge in [0.15, 0.2) is 5.58 Å². The van der Waals surface area contributed by atoms with Crippen molar-refractivity contribution >= 4 is 39.8 Å². The van der Waals surface area contributed by atoms with Crippen molar-refractivity contribution in [2.24, 2.45) is 0 Å². The smallest absolute Gasteiger partial charge is 0.336 e. The number of fused-ring (bicyclic) bond motifs is 2. The molecule has 142 valence electrons. The molecule has 0 saturated heterocycles. The molecule has 28 heavy (non-hydrogen) atoms. The summed E-state index contributed by atoms with van der Waals surface area (Å²) in [5, 5.41) is 1.18. The van der Waals surface area contributed by atoms with Gasteiger partial charge in [0.05, 0.1) is 0 Å². The van der Waals surface area contributed by atoms with Crippen LogP contribution >= 0.6 is 11.8 Å². The molecule has 7 heteroatoms. The van der Waals surface area contributed by atoms with E-state index < -0.39 is 11.6 Å². The predicted molar refractivity (Wildman–Crippen MR) is 106 cm³/mol. The van der Waals surface area contributed by atoms with E-state index in [9.17, 15) is 9.59 Å². The van der Waals surface area contributed by atoms with Gasteiger partial charge in [0, 0.05) is 17.0 Å². The zero-order valence-corrected chi connectivity index (χ0v) is 16.2. The van der Waals surface area contributed by atoms with Crippen LogP contribution < -0.4 is 5.63 Å². The Hall–Kier alpha value is -3.06. The Labute approximate surface area is 164 Å². The van der Waals surface area contributed by atoms with Crippen molar-refractivity contribution in [3.8, 4) is 0 Å². The Bertz CT molecular complexity index is 1210. The van der Waals surface area contributed by atoms with E-state index in [0.29, 0.717) is 22.0 Å². The van der Waals surface area contributed by atoms with Crippen LogP contribution in [0.25, 0.3) is 22.1 Å². The third-order valence-corrected chi connectivity index (χ3v) is 5.30. The minimum absolute atomic E-state index is 0.00243. The molecule has 4 aromatic rings. The highest BCUT2D eigenvalue weighted by Crippen LogP contribution is 2.25. The molecule has 6 nitrogen and oxygen atoms in total. The number of hydrogen-bond acceptors (Lipinski definition) is 7. The normalized spacial score (nSPS) is 11.2. The molecule has 0 radical (unpaired) electrons. The SMILES string of the molecule is Cc1ccc2c(COC(=O)CSc3nc4ccccc4o3)cc(=O)oc2c1C. The molecular weight excluding hydrogens is 378 g/mol. The first kappa shape index (κ1) is 18.3. The summed E-state index contributed by atoms with van der Waals surface area (Å²) in [6.07, 6.45) is 0. The van der Waals surface area contributed by atoms with Crippen LogP contribution in [0.2, 0.25) is 0 Å². The summed E-state index contributed by atoms with van der Waals surface area (Å²) in [5.74, 6) is -0.359. The van der Waals surface area contributed by atoms with Crippen LogP contribution in [0.15, 0.2) is 61.3 Å². The van der Waals surface area contributed by atoms with Crippen molar-refractivity contribution in [2.75, 3.05) is 5.75 Å². The van der Waals surface area contributed by atoms with Crippen LogP contribution in [0.3, 0.4) is 0 Å². The van der Waals surface area contributed by atoms with Crippen LogP contribution in [-0.4, -0.2) is 16.7 Å². The molecule has 0 spiro atoms. The summed E-state index contributed by atoms with van der Waals surface area (Å²) in [7, 11) is 0. The summed E-state index contributed by atoms with van der Waals surface area (Å²) >= 11 is 1.17. The van der Waals surface area contributed by atoms with Gasteiger partial charge in [0.1, 0.15) is 23.5 Å². The lowest BCUT2D eigenvalue weighted by Crippen LogP contribution is -2.09. The number of para-hydroxylation sites is 2. The Kier molecular flexibility index (Phi) is 4.92. The first-order valence-corrected chi connectivity index (χ1v) is 9.67. The second-order valence-corrected chi connectivity index (χ2v) is 7.30. The molecule has 0 bridgehead atoms. The highest BCUT2D eigenvalue weighted by Gasteiger charge is 2.13. The van der Waals surface area contributed by atoms with E-state index in [1.807, 2.05) is 50.2 Å². The molecule has 0 amide bonds. The largest absolute Gasteiger partial charge is 0.460 e. The van der Waals surface area contributed by atoms with Crippen LogP contribution in [0.4, 0.5) is 0 Å². The number of rotatable bonds is 5. The van der Waals surface area contributed by atoms with E-state index in [4.69, 9.17) is 13.6 Å². The lowest BCUT2D eigenvalue weighted by molar-refractivity contribution is -0.141. The summed E-state index contributed by atoms with van der Waals surface area (Å²) in [4.78, 5) is 28.3. The van der Waals surface area contributed by atoms with Crippen molar-refractivity contribution in [1.29, 1.82) is 0 Å². The number of aromatic nitrogens is 1. The fourth-order valence-corrected chi connectivity index (χ4v) is 3.51. The molecule has 2 heterocycles. The van der Waals surface area contributed by atoms with E-state index >= 15 is 0 Å². The summed E-state index contributed by atoms with van der Waals surface area (Å²) in [6.45, 7) is 3.84. The maximum Gasteiger partial charge on any atom is 0.336 e. The minimum Gasteiger partial charge on any atom is -0.460 e. The van der Waals surface area contributed by atoms with Gasteiger partial charge < -0.3 is 13.6 Å². The number of nitrogens with zero attached hydrogens (tertiary/aromatic N) is 1. The molecule has 0 atom stereocenters. The van der Waals surface area contributed by atoms with E-state index in [1.165, 1.54) is 17.8 Å². The Morgan fingerprint density at radius 1 is 1.14 bits per heavy atom. The summed E-state index contributed by atoms with van der Waals surface area (Å²) in [5.41, 5.74) is 4.02. The van der Waals surface area contributed by atoms with E-state index in [0.717, 1.165) is 22.0 Å². The Morgan fingerprint density at radius 2 is 1.96 bits per heavy atom. The predicted octanol–water partition coefficient (Wildman–Crippen LogP) is 4.39. The zero-order valence-electron chi connectivity index (χ0n) is 15.4. The summed E-state index contributed by atoms with van der Waals surface area (Å²) in [6, 6.07) is 12.6. The lowest BCUT2D eigenvalue weighted by atomic mass is 10.0. The fourth-order valence-electron chi connectivity index (χ4n) is 2.88. The van der Waals surface area contributed by atoms with E-state index in [2.05, 4.69) is 4.98 Å². The molecule has 0 fully saturated rings. The molecule has 4 rings (SSSR count). The number of carbonyl (C=O) groups excluding carboxylic acids is 1. The highest BCUT2D eigenvalue weighted by atomic mass is 32.2. The molecule has 0 aliphatic heterocycles. The zero-order chi connectivity index (χ0) is 19.7. The Balaban J connectivity index is 1.44. The maximum atomic E-state index is 12.1. The van der Waals surface area contributed by atoms with Crippen molar-refractivity contribution in [3.63, 3.8) is 0 Å². The Morgan fingerprint density at radius 3 is 2.79 bits per heavy atom. The van der Waals surface area contributed by atoms with Crippen LogP contribution in [0.1, 0.15) is 16.7 Å². The lowest BCUT2D eigenvalue weighted by Gasteiger charge is -2.09. The van der Waals surface area contributed by atoms with E-state index in [-0.39, 0.29) is 12.4 Å². The van der Waals surface area contributed by atoms with Gasteiger partial charge in [-0.1, -0.05) is 36.0 Å². The molecule has 2 aromatic carbocycles. The monoisotopic (exact) mass is 395 g/mol. The average molecular weight is 395 g/mol. The van der Waals surface area contributed by atoms with Crippen molar-refractivity contribution < 1.29 is 18.4 Å². The number of esters is 1. The first-order valence-electron chi connectivity index (χ1n) is 8.68. The molecule has 0 aliphatic carbocycles. The quantitative estimate of drug-likeness (QED) is 0.282. The number of hydrogen-bond donors (Lipinski definition) is 0. The topological polar surface area (TPSA) is 82.5 Å². The summed E-state index contributed by atoms with van der Waals surface area (Å²) < 4.78 is 16.3. The number of aryl methyl sites for hydroxylation is 2. The molecule has 0 saturated carbocycles. The highest BCUT2D eigenvalue weighted by molar-refractivity contribution is 7.99. The maximum absolute atomic E-state index is 12.1. The van der Waals surface area contributed by atoms with Crippen LogP contribution in [-0.2, 0) is 16.1 Å². The second-order valence-electron chi connectivity index (χ2n) is 6.37. The van der Waals surface area contributed by atoms with Gasteiger partial charge in [0.2, 0.25) is 0 Å². The standard InChI is InChI=1S/C21H17NO5S/c1-12-7-8-15-14(9-18(23)27-20(15)13(12)2)10-25-19(24)11-28-21-22-16-5-3-4-6-17(16)26-21/h3-9H,10-11H2,1-2H3. The van der Waals surface area contributed by atoms with Gasteiger partial charge >= 0.3 is 11.6 Å². The second kappa shape index (κ2) is 7.52. The molecule has 0 unspecified atom stereocenters. The molecule has 2 aromatic heterocycles. The van der Waals surface area contributed by atoms with Crippen LogP contribution in [0, 0.1) is 13.8 Å². The van der Waals surface area contributed by atoms with Gasteiger partial charge in [-0.2, -0.15) is 0 Å².